The molecule has 1 fully saturated rings. The van der Waals surface area contributed by atoms with Gasteiger partial charge < -0.3 is 31.2 Å². The number of aliphatic hydroxyl groups excluding tert-OH is 2. The molecule has 0 saturated carbocycles. The molecule has 0 amide bonds. The Bertz CT molecular complexity index is 942. The number of aromatic nitrogens is 3. The van der Waals surface area contributed by atoms with Crippen molar-refractivity contribution in [3.8, 4) is 6.07 Å². The second-order valence-corrected chi connectivity index (χ2v) is 7.14. The summed E-state index contributed by atoms with van der Waals surface area (Å²) >= 11 is 0. The second-order valence-electron chi connectivity index (χ2n) is 7.14. The number of hydrogen-bond donors (Lipinski definition) is 4. The topological polar surface area (TPSA) is 182 Å². The van der Waals surface area contributed by atoms with Gasteiger partial charge in [-0.15, -0.1) is 0 Å². The van der Waals surface area contributed by atoms with E-state index in [9.17, 15) is 20.3 Å². The van der Waals surface area contributed by atoms with Crippen molar-refractivity contribution in [2.24, 2.45) is 11.7 Å². The number of anilines is 1. The monoisotopic (exact) mass is 404 g/mol. The zero-order valence-electron chi connectivity index (χ0n) is 16.1. The maximum absolute atomic E-state index is 12.1. The summed E-state index contributed by atoms with van der Waals surface area (Å²) in [6.07, 6.45) is -2.34. The third kappa shape index (κ3) is 3.40. The molecule has 0 spiro atoms. The highest BCUT2D eigenvalue weighted by Gasteiger charge is 2.57. The molecule has 2 aromatic heterocycles. The van der Waals surface area contributed by atoms with Crippen LogP contribution in [0.4, 0.5) is 5.82 Å². The van der Waals surface area contributed by atoms with Gasteiger partial charge in [-0.1, -0.05) is 20.3 Å². The lowest BCUT2D eigenvalue weighted by atomic mass is 9.92. The van der Waals surface area contributed by atoms with Crippen molar-refractivity contribution in [2.45, 2.75) is 50.2 Å². The number of nitrogens with two attached hydrogens (primary N) is 2. The fourth-order valence-corrected chi connectivity index (χ4v) is 3.30. The average Bonchev–Trinajstić information content (AvgIpc) is 3.27. The normalized spacial score (nSPS) is 28.8. The van der Waals surface area contributed by atoms with E-state index in [1.807, 2.05) is 19.9 Å². The molecule has 3 heterocycles. The van der Waals surface area contributed by atoms with E-state index in [2.05, 4.69) is 10.1 Å². The van der Waals surface area contributed by atoms with Crippen LogP contribution in [0.3, 0.4) is 0 Å². The van der Waals surface area contributed by atoms with Gasteiger partial charge in [0.1, 0.15) is 48.9 Å². The first kappa shape index (κ1) is 20.9. The van der Waals surface area contributed by atoms with Crippen molar-refractivity contribution in [1.29, 1.82) is 5.26 Å². The largest absolute Gasteiger partial charge is 0.462 e. The van der Waals surface area contributed by atoms with Gasteiger partial charge in [0.25, 0.3) is 0 Å². The van der Waals surface area contributed by atoms with Crippen LogP contribution in [0.1, 0.15) is 26.0 Å². The van der Waals surface area contributed by atoms with Crippen molar-refractivity contribution in [3.63, 3.8) is 0 Å². The minimum Gasteiger partial charge on any atom is -0.462 e. The number of rotatable bonds is 6. The number of nitrogen functional groups attached to an aromatic ring is 1. The van der Waals surface area contributed by atoms with E-state index in [1.54, 1.807) is 6.07 Å². The van der Waals surface area contributed by atoms with Gasteiger partial charge in [-0.3, -0.25) is 4.79 Å². The molecule has 1 aliphatic rings. The lowest BCUT2D eigenvalue weighted by molar-refractivity contribution is -0.153. The highest BCUT2D eigenvalue weighted by atomic mass is 16.6. The third-order valence-electron chi connectivity index (χ3n) is 5.41. The Morgan fingerprint density at radius 2 is 2.24 bits per heavy atom. The standard InChI is InChI=1S/C18H24N6O5/c1-3-9(2)13(20)17(27)28-6-11-14(25)15(26)18(7-19,29-11)12-5-4-10-16(21)22-8-23-24(10)12/h4-5,8-9,11,13-15,25-26H,3,6,20H2,1-2H3,(H2,21,22,23)/t9?,11-,13+,14-,15-,18+/m1/s1. The highest BCUT2D eigenvalue weighted by Crippen LogP contribution is 2.40. The van der Waals surface area contributed by atoms with Crippen LogP contribution < -0.4 is 11.5 Å². The summed E-state index contributed by atoms with van der Waals surface area (Å²) in [5, 5.41) is 35.0. The summed E-state index contributed by atoms with van der Waals surface area (Å²) in [6, 6.07) is 4.18. The molecule has 11 nitrogen and oxygen atoms in total. The molecule has 6 atom stereocenters. The van der Waals surface area contributed by atoms with Crippen molar-refractivity contribution in [1.82, 2.24) is 14.6 Å². The number of aliphatic hydroxyl groups is 2. The van der Waals surface area contributed by atoms with Gasteiger partial charge in [0.2, 0.25) is 5.60 Å². The third-order valence-corrected chi connectivity index (χ3v) is 5.41. The van der Waals surface area contributed by atoms with Gasteiger partial charge in [0.05, 0.1) is 5.69 Å². The first-order chi connectivity index (χ1) is 13.8. The summed E-state index contributed by atoms with van der Waals surface area (Å²) in [4.78, 5) is 16.0. The summed E-state index contributed by atoms with van der Waals surface area (Å²) in [7, 11) is 0. The van der Waals surface area contributed by atoms with Crippen molar-refractivity contribution < 1.29 is 24.5 Å². The van der Waals surface area contributed by atoms with Crippen LogP contribution in [0.2, 0.25) is 0 Å². The minimum atomic E-state index is -1.94. The highest BCUT2D eigenvalue weighted by molar-refractivity contribution is 5.75. The molecule has 1 aliphatic heterocycles. The van der Waals surface area contributed by atoms with Gasteiger partial charge in [0.15, 0.2) is 5.82 Å². The van der Waals surface area contributed by atoms with Crippen LogP contribution >= 0.6 is 0 Å². The molecule has 1 saturated heterocycles. The zero-order valence-corrected chi connectivity index (χ0v) is 16.1. The maximum atomic E-state index is 12.1. The Morgan fingerprint density at radius 1 is 1.52 bits per heavy atom. The first-order valence-electron chi connectivity index (χ1n) is 9.22. The van der Waals surface area contributed by atoms with E-state index in [0.717, 1.165) is 0 Å². The molecule has 2 aromatic rings. The van der Waals surface area contributed by atoms with Gasteiger partial charge in [-0.25, -0.2) is 9.50 Å². The molecular formula is C18H24N6O5. The Labute approximate surface area is 166 Å². The summed E-state index contributed by atoms with van der Waals surface area (Å²) < 4.78 is 12.2. The van der Waals surface area contributed by atoms with Crippen LogP contribution in [0.15, 0.2) is 18.5 Å². The SMILES string of the molecule is CCC(C)[C@H](N)C(=O)OC[C@H]1O[C@@](C#N)(c2ccc3c(N)ncnn23)[C@H](O)[C@@H]1O. The van der Waals surface area contributed by atoms with Crippen LogP contribution in [0.25, 0.3) is 5.52 Å². The molecule has 0 aliphatic carbocycles. The zero-order chi connectivity index (χ0) is 21.3. The fourth-order valence-electron chi connectivity index (χ4n) is 3.30. The van der Waals surface area contributed by atoms with E-state index >= 15 is 0 Å². The number of carbonyl (C=O) groups excluding carboxylic acids is 1. The number of esters is 1. The van der Waals surface area contributed by atoms with Crippen LogP contribution in [0, 0.1) is 17.2 Å². The van der Waals surface area contributed by atoms with Gasteiger partial charge in [-0.2, -0.15) is 10.4 Å². The molecule has 0 aromatic carbocycles. The molecule has 0 radical (unpaired) electrons. The van der Waals surface area contributed by atoms with E-state index in [1.165, 1.54) is 16.9 Å². The lowest BCUT2D eigenvalue weighted by Gasteiger charge is -2.24. The van der Waals surface area contributed by atoms with Crippen molar-refractivity contribution in [3.05, 3.63) is 24.2 Å². The van der Waals surface area contributed by atoms with E-state index in [0.29, 0.717) is 11.9 Å². The number of fused-ring (bicyclic) bond motifs is 1. The first-order valence-corrected chi connectivity index (χ1v) is 9.22. The van der Waals surface area contributed by atoms with Crippen molar-refractivity contribution >= 4 is 17.3 Å². The van der Waals surface area contributed by atoms with Crippen molar-refractivity contribution in [2.75, 3.05) is 12.3 Å². The quantitative estimate of drug-likeness (QED) is 0.439. The van der Waals surface area contributed by atoms with E-state index in [-0.39, 0.29) is 24.0 Å². The maximum Gasteiger partial charge on any atom is 0.323 e. The number of ether oxygens (including phenoxy) is 2. The molecule has 1 unspecified atom stereocenters. The van der Waals surface area contributed by atoms with Gasteiger partial charge in [0, 0.05) is 0 Å². The van der Waals surface area contributed by atoms with Crippen LogP contribution in [-0.4, -0.2) is 61.7 Å². The van der Waals surface area contributed by atoms with E-state index < -0.39 is 35.9 Å². The Kier molecular flexibility index (Phi) is 5.72. The Morgan fingerprint density at radius 3 is 2.90 bits per heavy atom. The fraction of sp³-hybridized carbons (Fsp3) is 0.556. The number of nitrogens with zero attached hydrogens (tertiary/aromatic N) is 4. The van der Waals surface area contributed by atoms with Crippen LogP contribution in [-0.2, 0) is 19.9 Å². The summed E-state index contributed by atoms with van der Waals surface area (Å²) in [5.41, 5.74) is 10.3. The number of hydrogen-bond acceptors (Lipinski definition) is 10. The summed E-state index contributed by atoms with van der Waals surface area (Å²) in [6.45, 7) is 3.35. The number of nitriles is 1. The molecule has 29 heavy (non-hydrogen) atoms. The van der Waals surface area contributed by atoms with Crippen LogP contribution in [0.5, 0.6) is 0 Å². The predicted molar refractivity (Wildman–Crippen MR) is 100.0 cm³/mol. The Balaban J connectivity index is 1.84. The van der Waals surface area contributed by atoms with E-state index in [4.69, 9.17) is 20.9 Å². The molecule has 3 rings (SSSR count). The molecule has 11 heteroatoms. The smallest absolute Gasteiger partial charge is 0.323 e. The van der Waals surface area contributed by atoms with Gasteiger partial charge in [-0.05, 0) is 18.1 Å². The second kappa shape index (κ2) is 7.92. The number of carbonyl (C=O) groups is 1. The molecule has 156 valence electrons. The van der Waals surface area contributed by atoms with Gasteiger partial charge >= 0.3 is 5.97 Å². The average molecular weight is 404 g/mol. The summed E-state index contributed by atoms with van der Waals surface area (Å²) in [5.74, 6) is -0.553. The molecule has 6 N–H and O–H groups in total. The Hall–Kier alpha value is -2.78. The predicted octanol–water partition coefficient (Wildman–Crippen LogP) is -0.932. The molecule has 0 bridgehead atoms. The molecular weight excluding hydrogens is 380 g/mol. The minimum absolute atomic E-state index is 0.0852. The lowest BCUT2D eigenvalue weighted by Crippen LogP contribution is -2.41.